The van der Waals surface area contributed by atoms with Crippen LogP contribution in [0.25, 0.3) is 0 Å². The second kappa shape index (κ2) is 3.99. The van der Waals surface area contributed by atoms with Crippen molar-refractivity contribution in [1.29, 1.82) is 0 Å². The third kappa shape index (κ3) is 1.73. The Morgan fingerprint density at radius 1 is 1.44 bits per heavy atom. The first-order valence-corrected chi connectivity index (χ1v) is 5.49. The number of aromatic nitrogens is 2. The van der Waals surface area contributed by atoms with Gasteiger partial charge in [0.15, 0.2) is 0 Å². The van der Waals surface area contributed by atoms with Gasteiger partial charge in [0.2, 0.25) is 5.95 Å². The van der Waals surface area contributed by atoms with Crippen molar-refractivity contribution in [2.24, 2.45) is 10.7 Å². The number of amidine groups is 1. The van der Waals surface area contributed by atoms with Crippen molar-refractivity contribution >= 4 is 23.4 Å². The van der Waals surface area contributed by atoms with Crippen molar-refractivity contribution < 1.29 is 4.79 Å². The summed E-state index contributed by atoms with van der Waals surface area (Å²) in [5.74, 6) is 0.736. The number of amides is 1. The summed E-state index contributed by atoms with van der Waals surface area (Å²) < 4.78 is 0. The molecule has 1 aromatic carbocycles. The van der Waals surface area contributed by atoms with Crippen molar-refractivity contribution in [2.45, 2.75) is 6.42 Å². The van der Waals surface area contributed by atoms with Gasteiger partial charge in [0, 0.05) is 24.4 Å². The molecule has 18 heavy (non-hydrogen) atoms. The summed E-state index contributed by atoms with van der Waals surface area (Å²) in [5.41, 5.74) is 7.89. The summed E-state index contributed by atoms with van der Waals surface area (Å²) in [6.45, 7) is 0. The lowest BCUT2D eigenvalue weighted by molar-refractivity contribution is 0.102. The molecule has 0 saturated carbocycles. The molecule has 0 atom stereocenters. The first-order valence-electron chi connectivity index (χ1n) is 5.49. The van der Waals surface area contributed by atoms with Crippen LogP contribution in [0.4, 0.5) is 11.6 Å². The van der Waals surface area contributed by atoms with Crippen molar-refractivity contribution in [3.05, 3.63) is 41.7 Å². The van der Waals surface area contributed by atoms with E-state index >= 15 is 0 Å². The van der Waals surface area contributed by atoms with Crippen LogP contribution < -0.4 is 11.1 Å². The molecule has 1 aliphatic heterocycles. The Bertz CT molecular complexity index is 630. The summed E-state index contributed by atoms with van der Waals surface area (Å²) in [6, 6.07) is 5.39. The van der Waals surface area contributed by atoms with E-state index in [1.54, 1.807) is 24.5 Å². The number of carbonyl (C=O) groups is 1. The van der Waals surface area contributed by atoms with E-state index in [1.165, 1.54) is 0 Å². The lowest BCUT2D eigenvalue weighted by Crippen LogP contribution is -2.17. The Labute approximate surface area is 103 Å². The van der Waals surface area contributed by atoms with E-state index in [4.69, 9.17) is 5.73 Å². The average molecular weight is 241 g/mol. The van der Waals surface area contributed by atoms with Crippen molar-refractivity contribution in [1.82, 2.24) is 9.97 Å². The highest BCUT2D eigenvalue weighted by Gasteiger charge is 2.20. The molecule has 0 aliphatic carbocycles. The predicted octanol–water partition coefficient (Wildman–Crippen LogP) is 1.21. The third-order valence-corrected chi connectivity index (χ3v) is 2.75. The number of carbonyl (C=O) groups excluding carboxylic acids is 1. The van der Waals surface area contributed by atoms with Gasteiger partial charge in [-0.05, 0) is 17.7 Å². The Kier molecular flexibility index (Phi) is 2.33. The molecule has 0 spiro atoms. The molecule has 1 aromatic heterocycles. The van der Waals surface area contributed by atoms with Crippen molar-refractivity contribution in [3.63, 3.8) is 0 Å². The van der Waals surface area contributed by atoms with Gasteiger partial charge in [-0.2, -0.15) is 0 Å². The number of nitrogens with two attached hydrogens (primary N) is 1. The third-order valence-electron chi connectivity index (χ3n) is 2.75. The van der Waals surface area contributed by atoms with Crippen LogP contribution in [0.1, 0.15) is 15.9 Å². The number of nitrogens with zero attached hydrogens (tertiary/aromatic N) is 2. The SMILES string of the molecule is NC1=Nc2cccc(C(=O)Nc3ncc[nH]3)c2C1. The van der Waals surface area contributed by atoms with Gasteiger partial charge >= 0.3 is 0 Å². The fourth-order valence-electron chi connectivity index (χ4n) is 1.96. The maximum Gasteiger partial charge on any atom is 0.258 e. The first-order chi connectivity index (χ1) is 8.74. The number of hydrogen-bond donors (Lipinski definition) is 3. The first kappa shape index (κ1) is 10.5. The maximum atomic E-state index is 12.1. The van der Waals surface area contributed by atoms with Crippen LogP contribution in [0.5, 0.6) is 0 Å². The van der Waals surface area contributed by atoms with E-state index in [-0.39, 0.29) is 5.91 Å². The Morgan fingerprint density at radius 2 is 2.33 bits per heavy atom. The van der Waals surface area contributed by atoms with Crippen LogP contribution in [-0.2, 0) is 6.42 Å². The number of benzene rings is 1. The number of aliphatic imine (C=N–C) groups is 1. The van der Waals surface area contributed by atoms with Gasteiger partial charge in [-0.15, -0.1) is 0 Å². The summed E-state index contributed by atoms with van der Waals surface area (Å²) >= 11 is 0. The largest absolute Gasteiger partial charge is 0.387 e. The second-order valence-electron chi connectivity index (χ2n) is 3.98. The smallest absolute Gasteiger partial charge is 0.258 e. The fraction of sp³-hybridized carbons (Fsp3) is 0.0833. The topological polar surface area (TPSA) is 96.2 Å². The highest BCUT2D eigenvalue weighted by molar-refractivity contribution is 6.07. The molecule has 0 fully saturated rings. The number of H-pyrrole nitrogens is 1. The monoisotopic (exact) mass is 241 g/mol. The van der Waals surface area contributed by atoms with Gasteiger partial charge in [0.1, 0.15) is 5.84 Å². The number of fused-ring (bicyclic) bond motifs is 1. The summed E-state index contributed by atoms with van der Waals surface area (Å²) in [4.78, 5) is 23.1. The van der Waals surface area contributed by atoms with Gasteiger partial charge in [0.05, 0.1) is 5.69 Å². The molecular formula is C12H11N5O. The highest BCUT2D eigenvalue weighted by atomic mass is 16.1. The minimum atomic E-state index is -0.216. The zero-order valence-electron chi connectivity index (χ0n) is 9.47. The van der Waals surface area contributed by atoms with Gasteiger partial charge in [-0.25, -0.2) is 9.98 Å². The van der Waals surface area contributed by atoms with Gasteiger partial charge in [-0.1, -0.05) is 6.07 Å². The van der Waals surface area contributed by atoms with Crippen molar-refractivity contribution in [2.75, 3.05) is 5.32 Å². The quantitative estimate of drug-likeness (QED) is 0.737. The molecular weight excluding hydrogens is 230 g/mol. The minimum Gasteiger partial charge on any atom is -0.387 e. The standard InChI is InChI=1S/C12H11N5O/c13-10-6-8-7(2-1-3-9(8)16-10)11(18)17-12-14-4-5-15-12/h1-5H,6H2,(H2,13,16)(H2,14,15,17,18). The van der Waals surface area contributed by atoms with Crippen LogP contribution in [0.15, 0.2) is 35.6 Å². The number of rotatable bonds is 2. The van der Waals surface area contributed by atoms with Crippen LogP contribution in [-0.4, -0.2) is 21.7 Å². The Morgan fingerprint density at radius 3 is 3.11 bits per heavy atom. The van der Waals surface area contributed by atoms with Crippen molar-refractivity contribution in [3.8, 4) is 0 Å². The van der Waals surface area contributed by atoms with E-state index in [0.717, 1.165) is 11.3 Å². The molecule has 1 aliphatic rings. The second-order valence-corrected chi connectivity index (χ2v) is 3.98. The number of imidazole rings is 1. The van der Waals surface area contributed by atoms with Gasteiger partial charge in [0.25, 0.3) is 5.91 Å². The van der Waals surface area contributed by atoms with Crippen LogP contribution in [0, 0.1) is 0 Å². The summed E-state index contributed by atoms with van der Waals surface area (Å²) in [6.07, 6.45) is 3.73. The molecule has 0 unspecified atom stereocenters. The molecule has 2 aromatic rings. The van der Waals surface area contributed by atoms with E-state index in [9.17, 15) is 4.79 Å². The summed E-state index contributed by atoms with van der Waals surface area (Å²) in [7, 11) is 0. The molecule has 1 amide bonds. The van der Waals surface area contributed by atoms with Crippen LogP contribution >= 0.6 is 0 Å². The zero-order chi connectivity index (χ0) is 12.5. The molecule has 2 heterocycles. The minimum absolute atomic E-state index is 0.216. The molecule has 0 bridgehead atoms. The average Bonchev–Trinajstić information content (AvgIpc) is 2.95. The zero-order valence-corrected chi connectivity index (χ0v) is 9.47. The molecule has 90 valence electrons. The number of aromatic amines is 1. The maximum absolute atomic E-state index is 12.1. The van der Waals surface area contributed by atoms with Gasteiger partial charge in [-0.3, -0.25) is 10.1 Å². The number of hydrogen-bond acceptors (Lipinski definition) is 4. The van der Waals surface area contributed by atoms with E-state index < -0.39 is 0 Å². The van der Waals surface area contributed by atoms with Crippen LogP contribution in [0.3, 0.4) is 0 Å². The molecule has 0 saturated heterocycles. The Hall–Kier alpha value is -2.63. The molecule has 0 radical (unpaired) electrons. The van der Waals surface area contributed by atoms with E-state index in [0.29, 0.717) is 23.8 Å². The normalized spacial score (nSPS) is 13.0. The number of anilines is 1. The molecule has 6 heteroatoms. The van der Waals surface area contributed by atoms with E-state index in [2.05, 4.69) is 20.3 Å². The predicted molar refractivity (Wildman–Crippen MR) is 68.0 cm³/mol. The Balaban J connectivity index is 1.91. The summed E-state index contributed by atoms with van der Waals surface area (Å²) in [5, 5.41) is 2.69. The molecule has 6 nitrogen and oxygen atoms in total. The number of nitrogens with one attached hydrogen (secondary N) is 2. The highest BCUT2D eigenvalue weighted by Crippen LogP contribution is 2.28. The lowest BCUT2D eigenvalue weighted by atomic mass is 10.0. The van der Waals surface area contributed by atoms with E-state index in [1.807, 2.05) is 6.07 Å². The lowest BCUT2D eigenvalue weighted by Gasteiger charge is -2.06. The van der Waals surface area contributed by atoms with Crippen LogP contribution in [0.2, 0.25) is 0 Å². The molecule has 4 N–H and O–H groups in total. The van der Waals surface area contributed by atoms with Gasteiger partial charge < -0.3 is 10.7 Å². The fourth-order valence-corrected chi connectivity index (χ4v) is 1.96. The molecule has 3 rings (SSSR count).